The molecule has 88 valence electrons. The van der Waals surface area contributed by atoms with Gasteiger partial charge in [-0.25, -0.2) is 4.79 Å². The van der Waals surface area contributed by atoms with Crippen LogP contribution >= 0.6 is 15.9 Å². The van der Waals surface area contributed by atoms with Gasteiger partial charge in [0.1, 0.15) is 0 Å². The molecule has 0 radical (unpaired) electrons. The molecular formula is C10H11BrO5. The molecule has 1 unspecified atom stereocenters. The summed E-state index contributed by atoms with van der Waals surface area (Å²) in [6, 6.07) is 2.87. The number of hydrogen-bond acceptors (Lipinski definition) is 4. The van der Waals surface area contributed by atoms with Crippen molar-refractivity contribution in [3.63, 3.8) is 0 Å². The van der Waals surface area contributed by atoms with Gasteiger partial charge in [-0.1, -0.05) is 15.9 Å². The number of methoxy groups -OCH3 is 1. The van der Waals surface area contributed by atoms with E-state index in [4.69, 9.17) is 9.84 Å². The third-order valence-electron chi connectivity index (χ3n) is 2.05. The number of phenols is 1. The first-order valence-corrected chi connectivity index (χ1v) is 5.21. The lowest BCUT2D eigenvalue weighted by Crippen LogP contribution is -2.22. The Labute approximate surface area is 100 Å². The number of phenolic OH excluding ortho intramolecular Hbond substituents is 1. The van der Waals surface area contributed by atoms with Crippen LogP contribution in [-0.4, -0.2) is 34.5 Å². The number of ether oxygens (including phenoxy) is 1. The third kappa shape index (κ3) is 2.86. The number of hydrogen-bond donors (Lipinski definition) is 3. The van der Waals surface area contributed by atoms with Crippen LogP contribution < -0.4 is 4.74 Å². The summed E-state index contributed by atoms with van der Waals surface area (Å²) in [5, 5.41) is 27.2. The highest BCUT2D eigenvalue weighted by Gasteiger charge is 2.17. The lowest BCUT2D eigenvalue weighted by atomic mass is 10.1. The topological polar surface area (TPSA) is 87.0 Å². The van der Waals surface area contributed by atoms with Gasteiger partial charge in [0, 0.05) is 10.9 Å². The molecule has 1 rings (SSSR count). The molecule has 16 heavy (non-hydrogen) atoms. The van der Waals surface area contributed by atoms with Gasteiger partial charge in [-0.3, -0.25) is 0 Å². The van der Waals surface area contributed by atoms with Gasteiger partial charge in [0.2, 0.25) is 0 Å². The summed E-state index contributed by atoms with van der Waals surface area (Å²) in [7, 11) is 1.39. The van der Waals surface area contributed by atoms with Crippen molar-refractivity contribution in [2.45, 2.75) is 12.5 Å². The smallest absolute Gasteiger partial charge is 0.332 e. The molecule has 1 aromatic carbocycles. The van der Waals surface area contributed by atoms with E-state index in [-0.39, 0.29) is 17.9 Å². The Balaban J connectivity index is 3.00. The molecule has 0 heterocycles. The quantitative estimate of drug-likeness (QED) is 0.774. The van der Waals surface area contributed by atoms with Crippen LogP contribution in [0.2, 0.25) is 0 Å². The van der Waals surface area contributed by atoms with Gasteiger partial charge in [-0.05, 0) is 17.7 Å². The molecule has 0 saturated carbocycles. The zero-order valence-electron chi connectivity index (χ0n) is 8.48. The molecule has 0 amide bonds. The number of carboxylic acid groups (broad SMARTS) is 1. The lowest BCUT2D eigenvalue weighted by molar-refractivity contribution is -0.146. The van der Waals surface area contributed by atoms with Gasteiger partial charge < -0.3 is 20.1 Å². The van der Waals surface area contributed by atoms with Crippen molar-refractivity contribution < 1.29 is 24.9 Å². The van der Waals surface area contributed by atoms with E-state index in [1.165, 1.54) is 19.2 Å². The number of carbonyl (C=O) groups is 1. The number of aliphatic hydroxyl groups excluding tert-OH is 1. The summed E-state index contributed by atoms with van der Waals surface area (Å²) >= 11 is 3.17. The molecule has 1 aromatic rings. The largest absolute Gasteiger partial charge is 0.504 e. The van der Waals surface area contributed by atoms with Crippen LogP contribution in [0.4, 0.5) is 0 Å². The highest BCUT2D eigenvalue weighted by molar-refractivity contribution is 9.10. The summed E-state index contributed by atoms with van der Waals surface area (Å²) in [5.74, 6) is -1.11. The molecular weight excluding hydrogens is 280 g/mol. The normalized spacial score (nSPS) is 12.2. The number of benzene rings is 1. The summed E-state index contributed by atoms with van der Waals surface area (Å²) in [6.45, 7) is 0. The van der Waals surface area contributed by atoms with Crippen molar-refractivity contribution in [2.24, 2.45) is 0 Å². The fraction of sp³-hybridized carbons (Fsp3) is 0.300. The highest BCUT2D eigenvalue weighted by Crippen LogP contribution is 2.32. The summed E-state index contributed by atoms with van der Waals surface area (Å²) in [6.07, 6.45) is -1.54. The number of aliphatic carboxylic acids is 1. The van der Waals surface area contributed by atoms with Crippen molar-refractivity contribution >= 4 is 21.9 Å². The standard InChI is InChI=1S/C10H11BrO5/c1-16-9-3-5(2-8(13)10(14)15)6(11)4-7(9)12/h3-4,8,12-13H,2H2,1H3,(H,14,15). The molecule has 3 N–H and O–H groups in total. The number of halogens is 1. The molecule has 0 aliphatic rings. The van der Waals surface area contributed by atoms with E-state index < -0.39 is 12.1 Å². The maximum absolute atomic E-state index is 10.5. The molecule has 0 saturated heterocycles. The zero-order chi connectivity index (χ0) is 12.3. The van der Waals surface area contributed by atoms with E-state index in [0.29, 0.717) is 10.0 Å². The first kappa shape index (κ1) is 12.8. The maximum Gasteiger partial charge on any atom is 0.332 e. The highest BCUT2D eigenvalue weighted by atomic mass is 79.9. The van der Waals surface area contributed by atoms with Gasteiger partial charge in [0.25, 0.3) is 0 Å². The Kier molecular flexibility index (Phi) is 4.14. The second kappa shape index (κ2) is 5.18. The number of aromatic hydroxyl groups is 1. The average Bonchev–Trinajstić information content (AvgIpc) is 2.21. The Morgan fingerprint density at radius 1 is 1.56 bits per heavy atom. The van der Waals surface area contributed by atoms with Crippen molar-refractivity contribution in [3.8, 4) is 11.5 Å². The van der Waals surface area contributed by atoms with Crippen molar-refractivity contribution in [1.29, 1.82) is 0 Å². The minimum absolute atomic E-state index is 0.0528. The fourth-order valence-corrected chi connectivity index (χ4v) is 1.69. The number of rotatable bonds is 4. The molecule has 0 spiro atoms. The summed E-state index contributed by atoms with van der Waals surface area (Å²) in [5.41, 5.74) is 0.546. The molecule has 0 fully saturated rings. The van der Waals surface area contributed by atoms with E-state index >= 15 is 0 Å². The van der Waals surface area contributed by atoms with Crippen LogP contribution in [-0.2, 0) is 11.2 Å². The predicted octanol–water partition coefficient (Wildman–Crippen LogP) is 1.15. The predicted molar refractivity (Wildman–Crippen MR) is 59.7 cm³/mol. The molecule has 5 nitrogen and oxygen atoms in total. The van der Waals surface area contributed by atoms with Crippen LogP contribution in [0, 0.1) is 0 Å². The third-order valence-corrected chi connectivity index (χ3v) is 2.78. The van der Waals surface area contributed by atoms with Gasteiger partial charge >= 0.3 is 5.97 Å². The van der Waals surface area contributed by atoms with Crippen LogP contribution in [0.25, 0.3) is 0 Å². The van der Waals surface area contributed by atoms with Gasteiger partial charge in [-0.2, -0.15) is 0 Å². The molecule has 0 aliphatic carbocycles. The van der Waals surface area contributed by atoms with Crippen LogP contribution in [0.1, 0.15) is 5.56 Å². The van der Waals surface area contributed by atoms with Gasteiger partial charge in [0.05, 0.1) is 7.11 Å². The minimum atomic E-state index is -1.48. The number of aliphatic hydroxyl groups is 1. The van der Waals surface area contributed by atoms with Gasteiger partial charge in [-0.15, -0.1) is 0 Å². The van der Waals surface area contributed by atoms with E-state index in [1.54, 1.807) is 0 Å². The van der Waals surface area contributed by atoms with Crippen molar-refractivity contribution in [1.82, 2.24) is 0 Å². The maximum atomic E-state index is 10.5. The van der Waals surface area contributed by atoms with Gasteiger partial charge in [0.15, 0.2) is 17.6 Å². The first-order chi connectivity index (χ1) is 7.45. The first-order valence-electron chi connectivity index (χ1n) is 4.42. The van der Waals surface area contributed by atoms with Crippen LogP contribution in [0.15, 0.2) is 16.6 Å². The molecule has 6 heteroatoms. The summed E-state index contributed by atoms with van der Waals surface area (Å²) in [4.78, 5) is 10.5. The monoisotopic (exact) mass is 290 g/mol. The van der Waals surface area contributed by atoms with E-state index in [0.717, 1.165) is 0 Å². The van der Waals surface area contributed by atoms with E-state index in [1.807, 2.05) is 0 Å². The Morgan fingerprint density at radius 3 is 2.69 bits per heavy atom. The van der Waals surface area contributed by atoms with Crippen LogP contribution in [0.3, 0.4) is 0 Å². The van der Waals surface area contributed by atoms with Crippen molar-refractivity contribution in [2.75, 3.05) is 7.11 Å². The summed E-state index contributed by atoms with van der Waals surface area (Å²) < 4.78 is 5.40. The number of carboxylic acids is 1. The molecule has 0 bridgehead atoms. The van der Waals surface area contributed by atoms with Crippen LogP contribution in [0.5, 0.6) is 11.5 Å². The SMILES string of the molecule is COc1cc(CC(O)C(=O)O)c(Br)cc1O. The second-order valence-electron chi connectivity index (χ2n) is 3.17. The molecule has 1 atom stereocenters. The Morgan fingerprint density at radius 2 is 2.19 bits per heavy atom. The lowest BCUT2D eigenvalue weighted by Gasteiger charge is -2.10. The Bertz CT molecular complexity index is 404. The molecule has 0 aliphatic heterocycles. The minimum Gasteiger partial charge on any atom is -0.504 e. The average molecular weight is 291 g/mol. The second-order valence-corrected chi connectivity index (χ2v) is 4.03. The van der Waals surface area contributed by atoms with E-state index in [2.05, 4.69) is 15.9 Å². The van der Waals surface area contributed by atoms with Crippen molar-refractivity contribution in [3.05, 3.63) is 22.2 Å². The van der Waals surface area contributed by atoms with E-state index in [9.17, 15) is 15.0 Å². The zero-order valence-corrected chi connectivity index (χ0v) is 10.1. The molecule has 0 aromatic heterocycles. The fourth-order valence-electron chi connectivity index (χ4n) is 1.20. The Hall–Kier alpha value is -1.27.